The van der Waals surface area contributed by atoms with Gasteiger partial charge in [0.15, 0.2) is 0 Å². The molecule has 0 radical (unpaired) electrons. The molecule has 0 aliphatic heterocycles. The standard InChI is InChI=1S/C12H24N2O4S/c1-12(2,3)18-11(16)14-6-8-19-9-10(15)13-5-7-17-4/h5-9H2,1-4H3,(H,13,15)(H,14,16). The fourth-order valence-corrected chi connectivity index (χ4v) is 1.73. The molecule has 0 aliphatic carbocycles. The normalized spacial score (nSPS) is 10.9. The molecular formula is C12H24N2O4S. The molecule has 0 atom stereocenters. The minimum Gasteiger partial charge on any atom is -0.444 e. The summed E-state index contributed by atoms with van der Waals surface area (Å²) in [6, 6.07) is 0. The van der Waals surface area contributed by atoms with Crippen molar-refractivity contribution in [3.63, 3.8) is 0 Å². The van der Waals surface area contributed by atoms with Crippen molar-refractivity contribution in [3.05, 3.63) is 0 Å². The molecule has 112 valence electrons. The Kier molecular flexibility index (Phi) is 9.42. The minimum atomic E-state index is -0.488. The first-order valence-corrected chi connectivity index (χ1v) is 7.31. The lowest BCUT2D eigenvalue weighted by Crippen LogP contribution is -2.34. The second-order valence-corrected chi connectivity index (χ2v) is 5.93. The van der Waals surface area contributed by atoms with E-state index in [9.17, 15) is 9.59 Å². The molecule has 0 rings (SSSR count). The summed E-state index contributed by atoms with van der Waals surface area (Å²) in [4.78, 5) is 22.6. The van der Waals surface area contributed by atoms with Gasteiger partial charge >= 0.3 is 6.09 Å². The molecular weight excluding hydrogens is 268 g/mol. The van der Waals surface area contributed by atoms with Crippen molar-refractivity contribution in [1.82, 2.24) is 10.6 Å². The van der Waals surface area contributed by atoms with E-state index in [-0.39, 0.29) is 5.91 Å². The van der Waals surface area contributed by atoms with Crippen LogP contribution in [0.2, 0.25) is 0 Å². The van der Waals surface area contributed by atoms with E-state index >= 15 is 0 Å². The quantitative estimate of drug-likeness (QED) is 0.653. The number of amides is 2. The van der Waals surface area contributed by atoms with Crippen LogP contribution in [0.15, 0.2) is 0 Å². The first-order valence-electron chi connectivity index (χ1n) is 6.15. The maximum absolute atomic E-state index is 11.3. The molecule has 0 aliphatic rings. The van der Waals surface area contributed by atoms with Gasteiger partial charge in [-0.2, -0.15) is 11.8 Å². The molecule has 0 aromatic carbocycles. The second-order valence-electron chi connectivity index (χ2n) is 4.82. The lowest BCUT2D eigenvalue weighted by molar-refractivity contribution is -0.118. The lowest BCUT2D eigenvalue weighted by Gasteiger charge is -2.19. The summed E-state index contributed by atoms with van der Waals surface area (Å²) >= 11 is 1.46. The first kappa shape index (κ1) is 18.0. The van der Waals surface area contributed by atoms with Crippen molar-refractivity contribution in [2.45, 2.75) is 26.4 Å². The van der Waals surface area contributed by atoms with Gasteiger partial charge < -0.3 is 20.1 Å². The third-order valence-corrected chi connectivity index (χ3v) is 2.74. The zero-order valence-corrected chi connectivity index (χ0v) is 12.9. The number of carbonyl (C=O) groups is 2. The average molecular weight is 292 g/mol. The molecule has 2 amide bonds. The van der Waals surface area contributed by atoms with E-state index in [2.05, 4.69) is 10.6 Å². The van der Waals surface area contributed by atoms with Gasteiger partial charge in [-0.15, -0.1) is 0 Å². The number of rotatable bonds is 8. The average Bonchev–Trinajstić information content (AvgIpc) is 2.26. The predicted molar refractivity (Wildman–Crippen MR) is 76.4 cm³/mol. The molecule has 19 heavy (non-hydrogen) atoms. The van der Waals surface area contributed by atoms with Crippen LogP contribution in [0, 0.1) is 0 Å². The van der Waals surface area contributed by atoms with Crippen LogP contribution in [-0.2, 0) is 14.3 Å². The molecule has 0 spiro atoms. The highest BCUT2D eigenvalue weighted by molar-refractivity contribution is 7.99. The Hall–Kier alpha value is -0.950. The third kappa shape index (κ3) is 13.3. The van der Waals surface area contributed by atoms with Gasteiger partial charge in [0.1, 0.15) is 5.60 Å². The van der Waals surface area contributed by atoms with E-state index < -0.39 is 11.7 Å². The van der Waals surface area contributed by atoms with Crippen molar-refractivity contribution in [2.75, 3.05) is 38.3 Å². The van der Waals surface area contributed by atoms with Crippen LogP contribution in [0.5, 0.6) is 0 Å². The van der Waals surface area contributed by atoms with Crippen LogP contribution >= 0.6 is 11.8 Å². The smallest absolute Gasteiger partial charge is 0.407 e. The summed E-state index contributed by atoms with van der Waals surface area (Å²) in [5.41, 5.74) is -0.488. The lowest BCUT2D eigenvalue weighted by atomic mass is 10.2. The van der Waals surface area contributed by atoms with Crippen LogP contribution in [0.3, 0.4) is 0 Å². The maximum atomic E-state index is 11.3. The Bertz CT molecular complexity index is 279. The molecule has 0 saturated carbocycles. The van der Waals surface area contributed by atoms with Crippen LogP contribution in [0.1, 0.15) is 20.8 Å². The summed E-state index contributed by atoms with van der Waals surface area (Å²) in [7, 11) is 1.59. The number of hydrogen-bond acceptors (Lipinski definition) is 5. The van der Waals surface area contributed by atoms with E-state index in [0.717, 1.165) is 0 Å². The maximum Gasteiger partial charge on any atom is 0.407 e. The molecule has 0 saturated heterocycles. The Labute approximate surface area is 119 Å². The van der Waals surface area contributed by atoms with E-state index in [1.807, 2.05) is 20.8 Å². The molecule has 0 unspecified atom stereocenters. The fraction of sp³-hybridized carbons (Fsp3) is 0.833. The Morgan fingerprint density at radius 2 is 1.84 bits per heavy atom. The topological polar surface area (TPSA) is 76.7 Å². The number of alkyl carbamates (subject to hydrolysis) is 1. The van der Waals surface area contributed by atoms with E-state index in [4.69, 9.17) is 9.47 Å². The van der Waals surface area contributed by atoms with Crippen LogP contribution in [0.25, 0.3) is 0 Å². The highest BCUT2D eigenvalue weighted by atomic mass is 32.2. The van der Waals surface area contributed by atoms with Gasteiger partial charge in [0.05, 0.1) is 12.4 Å². The fourth-order valence-electron chi connectivity index (χ4n) is 1.05. The number of hydrogen-bond donors (Lipinski definition) is 2. The molecule has 2 N–H and O–H groups in total. The third-order valence-electron chi connectivity index (χ3n) is 1.78. The van der Waals surface area contributed by atoms with E-state index in [1.165, 1.54) is 11.8 Å². The van der Waals surface area contributed by atoms with Gasteiger partial charge in [-0.25, -0.2) is 4.79 Å². The summed E-state index contributed by atoms with van der Waals surface area (Å²) in [5.74, 6) is 1.01. The molecule has 0 bridgehead atoms. The zero-order valence-electron chi connectivity index (χ0n) is 12.1. The first-order chi connectivity index (χ1) is 8.85. The number of ether oxygens (including phenoxy) is 2. The Morgan fingerprint density at radius 3 is 2.42 bits per heavy atom. The van der Waals surface area contributed by atoms with Gasteiger partial charge in [0, 0.05) is 26.0 Å². The van der Waals surface area contributed by atoms with Crippen molar-refractivity contribution in [1.29, 1.82) is 0 Å². The Balaban J connectivity index is 3.44. The molecule has 0 aromatic heterocycles. The van der Waals surface area contributed by atoms with Crippen LogP contribution < -0.4 is 10.6 Å². The van der Waals surface area contributed by atoms with Gasteiger partial charge in [0.2, 0.25) is 5.91 Å². The van der Waals surface area contributed by atoms with E-state index in [1.54, 1.807) is 7.11 Å². The van der Waals surface area contributed by atoms with Gasteiger partial charge in [-0.05, 0) is 20.8 Å². The summed E-state index contributed by atoms with van der Waals surface area (Å²) < 4.78 is 9.90. The summed E-state index contributed by atoms with van der Waals surface area (Å²) in [6.45, 7) is 6.94. The van der Waals surface area contributed by atoms with Crippen LogP contribution in [-0.4, -0.2) is 55.9 Å². The predicted octanol–water partition coefficient (Wildman–Crippen LogP) is 1.01. The number of carbonyl (C=O) groups excluding carboxylic acids is 2. The summed E-state index contributed by atoms with van der Waals surface area (Å²) in [6.07, 6.45) is -0.433. The highest BCUT2D eigenvalue weighted by Gasteiger charge is 2.15. The van der Waals surface area contributed by atoms with Crippen molar-refractivity contribution >= 4 is 23.8 Å². The van der Waals surface area contributed by atoms with Crippen LogP contribution in [0.4, 0.5) is 4.79 Å². The number of nitrogens with one attached hydrogen (secondary N) is 2. The summed E-state index contributed by atoms with van der Waals surface area (Å²) in [5, 5.41) is 5.35. The largest absolute Gasteiger partial charge is 0.444 e. The second kappa shape index (κ2) is 9.91. The van der Waals surface area contributed by atoms with Crippen molar-refractivity contribution in [2.24, 2.45) is 0 Å². The molecule has 0 heterocycles. The van der Waals surface area contributed by atoms with Gasteiger partial charge in [-0.3, -0.25) is 4.79 Å². The van der Waals surface area contributed by atoms with Crippen molar-refractivity contribution < 1.29 is 19.1 Å². The Morgan fingerprint density at radius 1 is 1.16 bits per heavy atom. The van der Waals surface area contributed by atoms with E-state index in [0.29, 0.717) is 31.2 Å². The zero-order chi connectivity index (χ0) is 14.7. The number of methoxy groups -OCH3 is 1. The minimum absolute atomic E-state index is 0.0284. The molecule has 6 nitrogen and oxygen atoms in total. The molecule has 7 heteroatoms. The monoisotopic (exact) mass is 292 g/mol. The molecule has 0 fully saturated rings. The van der Waals surface area contributed by atoms with Gasteiger partial charge in [0.25, 0.3) is 0 Å². The molecule has 0 aromatic rings. The van der Waals surface area contributed by atoms with Gasteiger partial charge in [-0.1, -0.05) is 0 Å². The SMILES string of the molecule is COCCNC(=O)CSCCNC(=O)OC(C)(C)C. The number of thioether (sulfide) groups is 1. The highest BCUT2D eigenvalue weighted by Crippen LogP contribution is 2.06. The van der Waals surface area contributed by atoms with Crippen molar-refractivity contribution in [3.8, 4) is 0 Å².